The Morgan fingerprint density at radius 3 is 2.57 bits per heavy atom. The predicted molar refractivity (Wildman–Crippen MR) is 134 cm³/mol. The molecule has 3 unspecified atom stereocenters. The number of benzene rings is 3. The number of rotatable bonds is 6. The maximum Gasteiger partial charge on any atom is 0.308 e. The number of hydrogen-bond acceptors (Lipinski definition) is 6. The van der Waals surface area contributed by atoms with Gasteiger partial charge in [-0.3, -0.25) is 9.52 Å². The molecule has 0 amide bonds. The van der Waals surface area contributed by atoms with Crippen LogP contribution in [-0.4, -0.2) is 21.5 Å². The summed E-state index contributed by atoms with van der Waals surface area (Å²) in [6, 6.07) is 19.6. The fourth-order valence-electron chi connectivity index (χ4n) is 4.91. The zero-order valence-corrected chi connectivity index (χ0v) is 20.2. The van der Waals surface area contributed by atoms with Gasteiger partial charge in [0.25, 0.3) is 10.0 Å². The number of hydrogen-bond donors (Lipinski definition) is 2. The molecular weight excluding hydrogens is 464 g/mol. The van der Waals surface area contributed by atoms with E-state index in [1.807, 2.05) is 24.3 Å². The lowest BCUT2D eigenvalue weighted by atomic mass is 9.77. The number of carbonyl (C=O) groups excluding carboxylic acids is 1. The molecule has 35 heavy (non-hydrogen) atoms. The molecule has 1 aliphatic carbocycles. The number of allylic oxidation sites excluding steroid dienone is 2. The van der Waals surface area contributed by atoms with Crippen LogP contribution in [0.2, 0.25) is 0 Å². The molecule has 0 bridgehead atoms. The van der Waals surface area contributed by atoms with Gasteiger partial charge in [-0.15, -0.1) is 0 Å². The molecule has 2 aliphatic rings. The summed E-state index contributed by atoms with van der Waals surface area (Å²) in [5.74, 6) is 0.727. The van der Waals surface area contributed by atoms with Crippen LogP contribution in [-0.2, 0) is 14.8 Å². The van der Waals surface area contributed by atoms with Crippen molar-refractivity contribution in [1.29, 1.82) is 0 Å². The summed E-state index contributed by atoms with van der Waals surface area (Å²) in [6.45, 7) is 1.35. The lowest BCUT2D eigenvalue weighted by Crippen LogP contribution is -2.29. The summed E-state index contributed by atoms with van der Waals surface area (Å²) in [7, 11) is -2.18. The zero-order chi connectivity index (χ0) is 24.6. The Bertz CT molecular complexity index is 1400. The molecule has 0 aromatic heterocycles. The minimum atomic E-state index is -3.72. The average molecular weight is 491 g/mol. The van der Waals surface area contributed by atoms with Crippen molar-refractivity contribution in [1.82, 2.24) is 0 Å². The van der Waals surface area contributed by atoms with E-state index >= 15 is 0 Å². The molecule has 1 heterocycles. The molecule has 0 saturated heterocycles. The van der Waals surface area contributed by atoms with Gasteiger partial charge in [0.15, 0.2) is 11.5 Å². The molecule has 5 rings (SSSR count). The third-order valence-electron chi connectivity index (χ3n) is 6.47. The summed E-state index contributed by atoms with van der Waals surface area (Å²) in [6.07, 6.45) is 5.16. The Morgan fingerprint density at radius 2 is 1.83 bits per heavy atom. The Morgan fingerprint density at radius 1 is 1.03 bits per heavy atom. The van der Waals surface area contributed by atoms with Gasteiger partial charge in [-0.1, -0.05) is 36.4 Å². The van der Waals surface area contributed by atoms with Gasteiger partial charge >= 0.3 is 5.97 Å². The summed E-state index contributed by atoms with van der Waals surface area (Å²) in [4.78, 5) is 11.6. The molecule has 3 atom stereocenters. The first-order valence-electron chi connectivity index (χ1n) is 11.4. The number of fused-ring (bicyclic) bond motifs is 3. The van der Waals surface area contributed by atoms with Crippen molar-refractivity contribution in [3.8, 4) is 11.5 Å². The Balaban J connectivity index is 1.47. The molecule has 2 N–H and O–H groups in total. The smallest absolute Gasteiger partial charge is 0.308 e. The van der Waals surface area contributed by atoms with Gasteiger partial charge in [0, 0.05) is 24.2 Å². The van der Waals surface area contributed by atoms with E-state index in [-0.39, 0.29) is 22.8 Å². The second-order valence-corrected chi connectivity index (χ2v) is 10.4. The van der Waals surface area contributed by atoms with Crippen LogP contribution in [0.4, 0.5) is 11.4 Å². The summed E-state index contributed by atoms with van der Waals surface area (Å²) in [5.41, 5.74) is 3.38. The molecule has 0 spiro atoms. The SMILES string of the molecule is COc1cc(C2Nc3ccc(S(=O)(=O)Nc4ccccc4)cc3C3C=CCC32)ccc1OC(C)=O. The minimum absolute atomic E-state index is 0.0207. The van der Waals surface area contributed by atoms with E-state index in [0.717, 1.165) is 23.2 Å². The highest BCUT2D eigenvalue weighted by atomic mass is 32.2. The third-order valence-corrected chi connectivity index (χ3v) is 7.85. The molecule has 7 nitrogen and oxygen atoms in total. The van der Waals surface area contributed by atoms with E-state index in [1.165, 1.54) is 6.92 Å². The van der Waals surface area contributed by atoms with Crippen LogP contribution in [0, 0.1) is 5.92 Å². The van der Waals surface area contributed by atoms with Crippen LogP contribution in [0.3, 0.4) is 0 Å². The van der Waals surface area contributed by atoms with Crippen LogP contribution in [0.15, 0.2) is 83.8 Å². The maximum atomic E-state index is 13.0. The van der Waals surface area contributed by atoms with Crippen LogP contribution >= 0.6 is 0 Å². The van der Waals surface area contributed by atoms with Gasteiger partial charge in [0.05, 0.1) is 18.0 Å². The van der Waals surface area contributed by atoms with Gasteiger partial charge in [0.1, 0.15) is 0 Å². The Kier molecular flexibility index (Phi) is 5.98. The fourth-order valence-corrected chi connectivity index (χ4v) is 6.00. The van der Waals surface area contributed by atoms with E-state index in [2.05, 4.69) is 22.2 Å². The lowest BCUT2D eigenvalue weighted by molar-refractivity contribution is -0.132. The highest BCUT2D eigenvalue weighted by Crippen LogP contribution is 2.51. The zero-order valence-electron chi connectivity index (χ0n) is 19.4. The van der Waals surface area contributed by atoms with E-state index in [4.69, 9.17) is 9.47 Å². The molecule has 180 valence electrons. The molecule has 0 radical (unpaired) electrons. The Hall–Kier alpha value is -3.78. The molecule has 0 saturated carbocycles. The van der Waals surface area contributed by atoms with Crippen molar-refractivity contribution >= 4 is 27.4 Å². The Labute approximate surface area is 204 Å². The van der Waals surface area contributed by atoms with Crippen molar-refractivity contribution < 1.29 is 22.7 Å². The van der Waals surface area contributed by atoms with Crippen molar-refractivity contribution in [2.75, 3.05) is 17.1 Å². The number of sulfonamides is 1. The van der Waals surface area contributed by atoms with Gasteiger partial charge in [-0.2, -0.15) is 0 Å². The molecule has 3 aromatic rings. The largest absolute Gasteiger partial charge is 0.493 e. The monoisotopic (exact) mass is 490 g/mol. The number of carbonyl (C=O) groups is 1. The number of para-hydroxylation sites is 1. The van der Waals surface area contributed by atoms with Gasteiger partial charge < -0.3 is 14.8 Å². The van der Waals surface area contributed by atoms with Crippen LogP contribution in [0.1, 0.15) is 36.4 Å². The predicted octanol–water partition coefficient (Wildman–Crippen LogP) is 5.25. The van der Waals surface area contributed by atoms with Gasteiger partial charge in [-0.25, -0.2) is 8.42 Å². The number of nitrogens with one attached hydrogen (secondary N) is 2. The van der Waals surface area contributed by atoms with E-state index < -0.39 is 16.0 Å². The van der Waals surface area contributed by atoms with Gasteiger partial charge in [0.2, 0.25) is 0 Å². The quantitative estimate of drug-likeness (QED) is 0.279. The minimum Gasteiger partial charge on any atom is -0.493 e. The first-order chi connectivity index (χ1) is 16.9. The third kappa shape index (κ3) is 4.49. The van der Waals surface area contributed by atoms with Crippen molar-refractivity contribution in [3.63, 3.8) is 0 Å². The normalized spacial score (nSPS) is 20.3. The standard InChI is InChI=1S/C27H26N2O5S/c1-17(30)34-25-14-11-18(15-26(25)33-2)27-22-10-6-9-21(22)23-16-20(12-13-24(23)28-27)35(31,32)29-19-7-4-3-5-8-19/h3-9,11-16,21-22,27-29H,10H2,1-2H3. The highest BCUT2D eigenvalue weighted by Gasteiger charge is 2.38. The lowest BCUT2D eigenvalue weighted by Gasteiger charge is -2.38. The van der Waals surface area contributed by atoms with E-state index in [1.54, 1.807) is 49.6 Å². The molecular formula is C27H26N2O5S. The number of methoxy groups -OCH3 is 1. The number of anilines is 2. The second kappa shape index (κ2) is 9.11. The number of esters is 1. The average Bonchev–Trinajstić information content (AvgIpc) is 3.34. The fraction of sp³-hybridized carbons (Fsp3) is 0.222. The van der Waals surface area contributed by atoms with Crippen molar-refractivity contribution in [3.05, 3.63) is 90.0 Å². The summed E-state index contributed by atoms with van der Waals surface area (Å²) < 4.78 is 39.5. The topological polar surface area (TPSA) is 93.7 Å². The summed E-state index contributed by atoms with van der Waals surface area (Å²) >= 11 is 0. The summed E-state index contributed by atoms with van der Waals surface area (Å²) in [5, 5.41) is 3.61. The van der Waals surface area contributed by atoms with Crippen LogP contribution < -0.4 is 19.5 Å². The molecule has 8 heteroatoms. The molecule has 3 aromatic carbocycles. The highest BCUT2D eigenvalue weighted by molar-refractivity contribution is 7.92. The molecule has 0 fully saturated rings. The van der Waals surface area contributed by atoms with Crippen LogP contribution in [0.5, 0.6) is 11.5 Å². The van der Waals surface area contributed by atoms with Crippen molar-refractivity contribution in [2.24, 2.45) is 5.92 Å². The number of ether oxygens (including phenoxy) is 2. The molecule has 1 aliphatic heterocycles. The van der Waals surface area contributed by atoms with Crippen molar-refractivity contribution in [2.45, 2.75) is 30.2 Å². The van der Waals surface area contributed by atoms with E-state index in [0.29, 0.717) is 17.2 Å². The van der Waals surface area contributed by atoms with Gasteiger partial charge in [-0.05, 0) is 65.9 Å². The van der Waals surface area contributed by atoms with E-state index in [9.17, 15) is 13.2 Å². The maximum absolute atomic E-state index is 13.0. The second-order valence-electron chi connectivity index (χ2n) is 8.70. The first-order valence-corrected chi connectivity index (χ1v) is 12.9. The van der Waals surface area contributed by atoms with Crippen LogP contribution in [0.25, 0.3) is 0 Å². The first kappa shape index (κ1) is 23.0.